The molecule has 1 saturated heterocycles. The third-order valence-electron chi connectivity index (χ3n) is 4.51. The van der Waals surface area contributed by atoms with Crippen LogP contribution in [0.25, 0.3) is 0 Å². The Labute approximate surface area is 154 Å². The fraction of sp³-hybridized carbons (Fsp3) is 0.611. The minimum Gasteiger partial charge on any atom is -0.451 e. The van der Waals surface area contributed by atoms with E-state index in [-0.39, 0.29) is 18.5 Å². The van der Waals surface area contributed by atoms with Crippen LogP contribution in [-0.4, -0.2) is 54.0 Å². The Morgan fingerprint density at radius 2 is 2.20 bits per heavy atom. The van der Waals surface area contributed by atoms with Crippen molar-refractivity contribution in [2.24, 2.45) is 0 Å². The zero-order valence-electron chi connectivity index (χ0n) is 15.1. The topological polar surface area (TPSA) is 62.7 Å². The molecule has 2 rings (SSSR count). The minimum atomic E-state index is -0.772. The predicted molar refractivity (Wildman–Crippen MR) is 97.7 cm³/mol. The number of piperidine rings is 1. The number of pyridine rings is 1. The molecule has 0 spiro atoms. The lowest BCUT2D eigenvalue weighted by Gasteiger charge is -2.36. The van der Waals surface area contributed by atoms with E-state index >= 15 is 0 Å². The highest BCUT2D eigenvalue weighted by Crippen LogP contribution is 2.21. The molecule has 2 atom stereocenters. The number of carbonyl (C=O) groups excluding carboxylic acids is 2. The summed E-state index contributed by atoms with van der Waals surface area (Å²) in [6.45, 7) is 4.49. The summed E-state index contributed by atoms with van der Waals surface area (Å²) in [7, 11) is 1.74. The second-order valence-corrected chi connectivity index (χ2v) is 6.85. The van der Waals surface area contributed by atoms with Gasteiger partial charge in [-0.15, -0.1) is 0 Å². The number of amides is 1. The molecule has 1 aliphatic heterocycles. The van der Waals surface area contributed by atoms with Gasteiger partial charge in [0.15, 0.2) is 6.10 Å². The van der Waals surface area contributed by atoms with Gasteiger partial charge in [0.1, 0.15) is 12.4 Å². The second-order valence-electron chi connectivity index (χ2n) is 6.41. The Bertz CT molecular complexity index is 594. The van der Waals surface area contributed by atoms with E-state index in [1.165, 1.54) is 6.20 Å². The Kier molecular flexibility index (Phi) is 7.05. The van der Waals surface area contributed by atoms with Crippen LogP contribution in [0.1, 0.15) is 39.5 Å². The molecule has 138 valence electrons. The fourth-order valence-electron chi connectivity index (χ4n) is 3.10. The van der Waals surface area contributed by atoms with E-state index in [0.717, 1.165) is 32.2 Å². The molecular formula is C18H26ClN3O3. The van der Waals surface area contributed by atoms with Crippen molar-refractivity contribution in [3.63, 3.8) is 0 Å². The second kappa shape index (κ2) is 9.04. The number of hydrogen-bond acceptors (Lipinski definition) is 5. The monoisotopic (exact) mass is 367 g/mol. The molecular weight excluding hydrogens is 342 g/mol. The molecule has 1 aromatic rings. The van der Waals surface area contributed by atoms with E-state index < -0.39 is 12.1 Å². The van der Waals surface area contributed by atoms with E-state index in [9.17, 15) is 9.59 Å². The van der Waals surface area contributed by atoms with Crippen LogP contribution < -0.4 is 4.90 Å². The zero-order chi connectivity index (χ0) is 18.4. The average molecular weight is 368 g/mol. The van der Waals surface area contributed by atoms with Crippen LogP contribution in [0.4, 0.5) is 5.82 Å². The number of rotatable bonds is 6. The molecule has 1 aliphatic rings. The van der Waals surface area contributed by atoms with Crippen LogP contribution in [-0.2, 0) is 14.3 Å². The summed E-state index contributed by atoms with van der Waals surface area (Å²) in [5, 5.41) is 0.533. The van der Waals surface area contributed by atoms with Gasteiger partial charge in [0.25, 0.3) is 5.91 Å². The first-order chi connectivity index (χ1) is 11.9. The van der Waals surface area contributed by atoms with Gasteiger partial charge >= 0.3 is 5.97 Å². The Balaban J connectivity index is 1.88. The van der Waals surface area contributed by atoms with Gasteiger partial charge in [-0.2, -0.15) is 0 Å². The largest absolute Gasteiger partial charge is 0.451 e. The molecule has 0 radical (unpaired) electrons. The molecule has 0 N–H and O–H groups in total. The number of carbonyl (C=O) groups is 2. The number of anilines is 1. The van der Waals surface area contributed by atoms with E-state index in [2.05, 4.69) is 11.9 Å². The molecule has 1 aromatic heterocycles. The molecule has 0 saturated carbocycles. The van der Waals surface area contributed by atoms with Crippen LogP contribution in [0.15, 0.2) is 18.3 Å². The molecule has 0 aliphatic carbocycles. The first-order valence-electron chi connectivity index (χ1n) is 8.75. The minimum absolute atomic E-state index is 0.0173. The maximum absolute atomic E-state index is 12.6. The zero-order valence-corrected chi connectivity index (χ0v) is 15.8. The smallest absolute Gasteiger partial charge is 0.326 e. The maximum Gasteiger partial charge on any atom is 0.326 e. The summed E-state index contributed by atoms with van der Waals surface area (Å²) in [6, 6.07) is 3.69. The summed E-state index contributed by atoms with van der Waals surface area (Å²) in [5.74, 6) is 0.0553. The van der Waals surface area contributed by atoms with Gasteiger partial charge < -0.3 is 14.5 Å². The normalized spacial score (nSPS) is 18.6. The Morgan fingerprint density at radius 1 is 1.44 bits per heavy atom. The van der Waals surface area contributed by atoms with Crippen LogP contribution in [0.3, 0.4) is 0 Å². The summed E-state index contributed by atoms with van der Waals surface area (Å²) in [4.78, 5) is 32.4. The summed E-state index contributed by atoms with van der Waals surface area (Å²) in [5.41, 5.74) is 0. The number of nitrogens with zero attached hydrogens (tertiary/aromatic N) is 3. The van der Waals surface area contributed by atoms with Crippen molar-refractivity contribution in [3.8, 4) is 0 Å². The highest BCUT2D eigenvalue weighted by molar-refractivity contribution is 6.30. The van der Waals surface area contributed by atoms with Gasteiger partial charge in [-0.3, -0.25) is 9.59 Å². The summed E-state index contributed by atoms with van der Waals surface area (Å²) in [6.07, 6.45) is 4.85. The van der Waals surface area contributed by atoms with Gasteiger partial charge in [0, 0.05) is 25.8 Å². The number of hydrogen-bond donors (Lipinski definition) is 0. The standard InChI is InChI=1S/C18H26ClN3O3/c1-4-15-7-5-6-10-22(15)18(24)13(2)25-17(23)12-21(3)16-9-8-14(19)11-20-16/h8-9,11,13,15H,4-7,10,12H2,1-3H3/t13-,15+/m1/s1. The van der Waals surface area contributed by atoms with Gasteiger partial charge in [0.05, 0.1) is 5.02 Å². The predicted octanol–water partition coefficient (Wildman–Crippen LogP) is 2.89. The Hall–Kier alpha value is -1.82. The number of aromatic nitrogens is 1. The lowest BCUT2D eigenvalue weighted by molar-refractivity contribution is -0.159. The molecule has 25 heavy (non-hydrogen) atoms. The van der Waals surface area contributed by atoms with Crippen LogP contribution in [0.2, 0.25) is 5.02 Å². The van der Waals surface area contributed by atoms with Gasteiger partial charge in [-0.1, -0.05) is 18.5 Å². The molecule has 0 aromatic carbocycles. The van der Waals surface area contributed by atoms with E-state index in [1.807, 2.05) is 4.90 Å². The van der Waals surface area contributed by atoms with Gasteiger partial charge in [-0.25, -0.2) is 4.98 Å². The summed E-state index contributed by atoms with van der Waals surface area (Å²) >= 11 is 5.81. The van der Waals surface area contributed by atoms with E-state index in [4.69, 9.17) is 16.3 Å². The molecule has 1 amide bonds. The molecule has 1 fully saturated rings. The molecule has 7 heteroatoms. The van der Waals surface area contributed by atoms with E-state index in [0.29, 0.717) is 10.8 Å². The van der Waals surface area contributed by atoms with Gasteiger partial charge in [0.2, 0.25) is 0 Å². The highest BCUT2D eigenvalue weighted by Gasteiger charge is 2.30. The molecule has 0 unspecified atom stereocenters. The number of ether oxygens (including phenoxy) is 1. The average Bonchev–Trinajstić information content (AvgIpc) is 2.61. The van der Waals surface area contributed by atoms with Gasteiger partial charge in [-0.05, 0) is 44.7 Å². The number of likely N-dealkylation sites (tertiary alicyclic amines) is 1. The Morgan fingerprint density at radius 3 is 2.84 bits per heavy atom. The highest BCUT2D eigenvalue weighted by atomic mass is 35.5. The summed E-state index contributed by atoms with van der Waals surface area (Å²) < 4.78 is 5.35. The van der Waals surface area contributed by atoms with Crippen LogP contribution >= 0.6 is 11.6 Å². The van der Waals surface area contributed by atoms with Crippen molar-refractivity contribution in [2.45, 2.75) is 51.7 Å². The van der Waals surface area contributed by atoms with Crippen LogP contribution in [0, 0.1) is 0 Å². The van der Waals surface area contributed by atoms with E-state index in [1.54, 1.807) is 31.0 Å². The third kappa shape index (κ3) is 5.33. The molecule has 0 bridgehead atoms. The molecule has 2 heterocycles. The number of halogens is 1. The maximum atomic E-state index is 12.6. The lowest BCUT2D eigenvalue weighted by Crippen LogP contribution is -2.48. The first kappa shape index (κ1) is 19.5. The molecule has 6 nitrogen and oxygen atoms in total. The van der Waals surface area contributed by atoms with Crippen molar-refractivity contribution < 1.29 is 14.3 Å². The van der Waals surface area contributed by atoms with Crippen molar-refractivity contribution in [1.29, 1.82) is 0 Å². The first-order valence-corrected chi connectivity index (χ1v) is 9.12. The fourth-order valence-corrected chi connectivity index (χ4v) is 3.21. The number of esters is 1. The quantitative estimate of drug-likeness (QED) is 0.723. The number of likely N-dealkylation sites (N-methyl/N-ethyl adjacent to an activating group) is 1. The third-order valence-corrected chi connectivity index (χ3v) is 4.73. The van der Waals surface area contributed by atoms with Crippen molar-refractivity contribution >= 4 is 29.3 Å². The van der Waals surface area contributed by atoms with Crippen molar-refractivity contribution in [1.82, 2.24) is 9.88 Å². The van der Waals surface area contributed by atoms with Crippen molar-refractivity contribution in [3.05, 3.63) is 23.4 Å². The van der Waals surface area contributed by atoms with Crippen LogP contribution in [0.5, 0.6) is 0 Å². The SMILES string of the molecule is CC[C@H]1CCCCN1C(=O)[C@@H](C)OC(=O)CN(C)c1ccc(Cl)cn1. The van der Waals surface area contributed by atoms with Crippen molar-refractivity contribution in [2.75, 3.05) is 25.0 Å². The lowest BCUT2D eigenvalue weighted by atomic mass is 9.99.